The Morgan fingerprint density at radius 3 is 2.40 bits per heavy atom. The Labute approximate surface area is 330 Å². The van der Waals surface area contributed by atoms with E-state index in [2.05, 4.69) is 20.8 Å². The average Bonchev–Trinajstić information content (AvgIpc) is 3.48. The van der Waals surface area contributed by atoms with Gasteiger partial charge in [-0.25, -0.2) is 9.49 Å². The van der Waals surface area contributed by atoms with Gasteiger partial charge in [0.05, 0.1) is 27.8 Å². The van der Waals surface area contributed by atoms with Crippen molar-refractivity contribution >= 4 is 52.1 Å². The fourth-order valence-electron chi connectivity index (χ4n) is 7.44. The Hall–Kier alpha value is -6.78. The highest BCUT2D eigenvalue weighted by atomic mass is 19.1. The van der Waals surface area contributed by atoms with Crippen LogP contribution in [0, 0.1) is 5.82 Å². The number of nitrogens with zero attached hydrogens (tertiary/aromatic N) is 4. The number of piperidine rings is 1. The summed E-state index contributed by atoms with van der Waals surface area (Å²) in [7, 11) is 0. The summed E-state index contributed by atoms with van der Waals surface area (Å²) < 4.78 is 20.5. The number of ether oxygens (including phenoxy) is 1. The zero-order valence-corrected chi connectivity index (χ0v) is 31.4. The van der Waals surface area contributed by atoms with Gasteiger partial charge in [0.1, 0.15) is 17.6 Å². The summed E-state index contributed by atoms with van der Waals surface area (Å²) in [6.45, 7) is 1.03. The minimum atomic E-state index is -1.12. The van der Waals surface area contributed by atoms with E-state index >= 15 is 0 Å². The first-order chi connectivity index (χ1) is 28.0. The summed E-state index contributed by atoms with van der Waals surface area (Å²) in [5.41, 5.74) is 0.868. The molecule has 3 aliphatic rings. The number of hydrogen-bond donors (Lipinski definition) is 3. The van der Waals surface area contributed by atoms with Gasteiger partial charge in [0.25, 0.3) is 29.2 Å². The van der Waals surface area contributed by atoms with Crippen molar-refractivity contribution in [2.75, 3.05) is 39.3 Å². The molecule has 2 fully saturated rings. The van der Waals surface area contributed by atoms with Crippen LogP contribution in [0.1, 0.15) is 80.9 Å². The van der Waals surface area contributed by atoms with Crippen molar-refractivity contribution in [2.45, 2.75) is 51.0 Å². The second kappa shape index (κ2) is 17.2. The average molecular weight is 794 g/mol. The molecule has 1 atom stereocenters. The molecule has 0 saturated carbocycles. The Morgan fingerprint density at radius 1 is 0.862 bits per heavy atom. The number of benzene rings is 3. The molecule has 0 spiro atoms. The number of aromatic nitrogens is 2. The molecule has 4 heterocycles. The number of aromatic amines is 1. The third-order valence-corrected chi connectivity index (χ3v) is 10.5. The Kier molecular flexibility index (Phi) is 11.7. The van der Waals surface area contributed by atoms with Crippen LogP contribution in [0.25, 0.3) is 10.8 Å². The van der Waals surface area contributed by atoms with E-state index < -0.39 is 53.9 Å². The summed E-state index contributed by atoms with van der Waals surface area (Å²) >= 11 is 0. The van der Waals surface area contributed by atoms with Crippen molar-refractivity contribution in [1.82, 2.24) is 35.5 Å². The van der Waals surface area contributed by atoms with Gasteiger partial charge in [-0.05, 0) is 55.2 Å². The first kappa shape index (κ1) is 39.5. The van der Waals surface area contributed by atoms with Gasteiger partial charge in [-0.1, -0.05) is 36.8 Å². The van der Waals surface area contributed by atoms with Crippen LogP contribution in [-0.4, -0.2) is 112 Å². The van der Waals surface area contributed by atoms with Gasteiger partial charge in [-0.15, -0.1) is 0 Å². The zero-order valence-electron chi connectivity index (χ0n) is 31.4. The molecule has 300 valence electrons. The van der Waals surface area contributed by atoms with E-state index in [0.717, 1.165) is 4.90 Å². The number of rotatable bonds is 13. The highest BCUT2D eigenvalue weighted by molar-refractivity contribution is 6.24. The predicted molar refractivity (Wildman–Crippen MR) is 204 cm³/mol. The van der Waals surface area contributed by atoms with Crippen LogP contribution >= 0.6 is 0 Å². The predicted octanol–water partition coefficient (Wildman–Crippen LogP) is 2.09. The monoisotopic (exact) mass is 793 g/mol. The number of H-pyrrole nitrogens is 1. The number of carbonyl (C=O) groups excluding carboxylic acids is 7. The van der Waals surface area contributed by atoms with E-state index in [0.29, 0.717) is 60.9 Å². The largest absolute Gasteiger partial charge is 0.483 e. The maximum absolute atomic E-state index is 14.9. The number of imide groups is 2. The molecule has 0 radical (unpaired) electrons. The van der Waals surface area contributed by atoms with Crippen LogP contribution in [0.4, 0.5) is 4.39 Å². The van der Waals surface area contributed by atoms with Gasteiger partial charge in [0.15, 0.2) is 6.61 Å². The van der Waals surface area contributed by atoms with Gasteiger partial charge < -0.3 is 19.9 Å². The molecule has 0 bridgehead atoms. The molecular weight excluding hydrogens is 753 g/mol. The molecule has 17 heteroatoms. The second-order valence-corrected chi connectivity index (χ2v) is 14.3. The van der Waals surface area contributed by atoms with Crippen LogP contribution in [0.3, 0.4) is 0 Å². The number of amides is 7. The molecule has 4 aromatic rings. The van der Waals surface area contributed by atoms with Gasteiger partial charge in [0.2, 0.25) is 17.7 Å². The molecule has 1 unspecified atom stereocenters. The van der Waals surface area contributed by atoms with E-state index in [1.165, 1.54) is 35.2 Å². The lowest BCUT2D eigenvalue weighted by molar-refractivity contribution is -0.136. The lowest BCUT2D eigenvalue weighted by atomic mass is 10.0. The van der Waals surface area contributed by atoms with Crippen molar-refractivity contribution in [3.63, 3.8) is 0 Å². The fourth-order valence-corrected chi connectivity index (χ4v) is 7.44. The van der Waals surface area contributed by atoms with Crippen LogP contribution in [0.15, 0.2) is 65.5 Å². The number of fused-ring (bicyclic) bond motifs is 2. The molecule has 7 rings (SSSR count). The van der Waals surface area contributed by atoms with Gasteiger partial charge in [-0.2, -0.15) is 5.10 Å². The summed E-state index contributed by atoms with van der Waals surface area (Å²) in [6.07, 6.45) is 2.41. The highest BCUT2D eigenvalue weighted by Crippen LogP contribution is 2.33. The second-order valence-electron chi connectivity index (χ2n) is 14.3. The SMILES string of the molecule is O=C(COc1cccc2c1C(=O)N(C1CCC(=O)NC1=O)C2=O)NCCCCCC(=O)N1CCN(C(=O)c2cc(Cc3n[nH]c(=O)c4ccccc34)ccc2F)CC1. The van der Waals surface area contributed by atoms with Crippen LogP contribution in [0.5, 0.6) is 5.75 Å². The normalized spacial score (nSPS) is 16.7. The van der Waals surface area contributed by atoms with E-state index in [1.807, 2.05) is 0 Å². The minimum Gasteiger partial charge on any atom is -0.483 e. The fraction of sp³-hybridized carbons (Fsp3) is 0.341. The Morgan fingerprint density at radius 2 is 1.62 bits per heavy atom. The van der Waals surface area contributed by atoms with Crippen molar-refractivity contribution in [3.05, 3.63) is 105 Å². The first-order valence-electron chi connectivity index (χ1n) is 19.1. The number of nitrogens with one attached hydrogen (secondary N) is 3. The maximum Gasteiger partial charge on any atom is 0.272 e. The molecule has 3 aromatic carbocycles. The standard InChI is InChI=1S/C41H40FN7O9/c42-29-13-12-24(22-30-25-7-3-4-8-26(25)37(53)46-45-30)21-28(29)39(55)48-19-17-47(18-20-48)35(52)11-2-1-5-16-43-34(51)23-58-32-10-6-9-27-36(32)41(57)49(40(27)56)31-14-15-33(50)44-38(31)54/h3-4,6-10,12-13,21,31H,1-2,5,11,14-20,22-23H2,(H,43,51)(H,46,53)(H,44,50,54). The number of hydrogen-bond acceptors (Lipinski definition) is 10. The maximum atomic E-state index is 14.9. The Balaban J connectivity index is 0.810. The van der Waals surface area contributed by atoms with Crippen molar-refractivity contribution in [2.24, 2.45) is 0 Å². The Bertz CT molecular complexity index is 2390. The van der Waals surface area contributed by atoms with Gasteiger partial charge in [0, 0.05) is 57.4 Å². The summed E-state index contributed by atoms with van der Waals surface area (Å²) in [6, 6.07) is 14.7. The van der Waals surface area contributed by atoms with Crippen LogP contribution < -0.4 is 20.9 Å². The lowest BCUT2D eigenvalue weighted by Gasteiger charge is -2.35. The molecule has 0 aliphatic carbocycles. The molecular formula is C41H40FN7O9. The van der Waals surface area contributed by atoms with Gasteiger partial charge >= 0.3 is 0 Å². The molecule has 2 saturated heterocycles. The van der Waals surface area contributed by atoms with E-state index in [-0.39, 0.29) is 72.7 Å². The van der Waals surface area contributed by atoms with E-state index in [1.54, 1.807) is 35.2 Å². The number of halogens is 1. The highest BCUT2D eigenvalue weighted by Gasteiger charge is 2.46. The molecule has 3 aliphatic heterocycles. The molecule has 16 nitrogen and oxygen atoms in total. The first-order valence-corrected chi connectivity index (χ1v) is 19.1. The minimum absolute atomic E-state index is 0.00758. The smallest absolute Gasteiger partial charge is 0.272 e. The van der Waals surface area contributed by atoms with Gasteiger partial charge in [-0.3, -0.25) is 48.6 Å². The number of piperazine rings is 1. The van der Waals surface area contributed by atoms with Crippen LogP contribution in [0.2, 0.25) is 0 Å². The zero-order chi connectivity index (χ0) is 40.9. The summed E-state index contributed by atoms with van der Waals surface area (Å²) in [5, 5.41) is 12.7. The van der Waals surface area contributed by atoms with Crippen LogP contribution in [-0.2, 0) is 25.6 Å². The quantitative estimate of drug-likeness (QED) is 0.133. The molecule has 58 heavy (non-hydrogen) atoms. The third kappa shape index (κ3) is 8.33. The lowest BCUT2D eigenvalue weighted by Crippen LogP contribution is -2.54. The van der Waals surface area contributed by atoms with Crippen molar-refractivity contribution in [1.29, 1.82) is 0 Å². The molecule has 1 aromatic heterocycles. The summed E-state index contributed by atoms with van der Waals surface area (Å²) in [4.78, 5) is 105. The van der Waals surface area contributed by atoms with Crippen molar-refractivity contribution in [3.8, 4) is 5.75 Å². The molecule has 7 amide bonds. The third-order valence-electron chi connectivity index (χ3n) is 10.5. The number of carbonyl (C=O) groups is 7. The number of unbranched alkanes of at least 4 members (excludes halogenated alkanes) is 2. The molecule has 3 N–H and O–H groups in total. The van der Waals surface area contributed by atoms with E-state index in [4.69, 9.17) is 4.74 Å². The van der Waals surface area contributed by atoms with Crippen molar-refractivity contribution < 1.29 is 42.7 Å². The van der Waals surface area contributed by atoms with E-state index in [9.17, 15) is 42.7 Å². The summed E-state index contributed by atoms with van der Waals surface area (Å²) in [5.74, 6) is -4.22. The topological polar surface area (TPSA) is 208 Å².